The maximum Gasteiger partial charge on any atom is 0.218 e. The predicted octanol–water partition coefficient (Wildman–Crippen LogP) is 0.664. The van der Waals surface area contributed by atoms with Gasteiger partial charge in [-0.3, -0.25) is 0 Å². The van der Waals surface area contributed by atoms with E-state index in [0.717, 1.165) is 25.3 Å². The minimum absolute atomic E-state index is 0.167. The van der Waals surface area contributed by atoms with E-state index in [1.165, 1.54) is 6.33 Å². The summed E-state index contributed by atoms with van der Waals surface area (Å²) in [6.07, 6.45) is 2.64. The average Bonchev–Trinajstić information content (AvgIpc) is 2.84. The van der Waals surface area contributed by atoms with Gasteiger partial charge in [-0.2, -0.15) is 0 Å². The molecule has 0 aromatic carbocycles. The van der Waals surface area contributed by atoms with Crippen molar-refractivity contribution in [3.63, 3.8) is 0 Å². The third-order valence-electron chi connectivity index (χ3n) is 2.89. The first kappa shape index (κ1) is 13.0. The van der Waals surface area contributed by atoms with Crippen LogP contribution in [0.4, 0.5) is 5.82 Å². The standard InChI is InChI=1S/C12H20N4O2/c1-3-4-18-12-5-11(14-8-15-12)16-9-6-13-7-10(9)17-2/h5,8-10,13H,3-4,6-7H2,1-2H3,(H,14,15,16)/t9?,10-/m0/s1. The second kappa shape index (κ2) is 6.51. The number of ether oxygens (including phenoxy) is 2. The van der Waals surface area contributed by atoms with Crippen molar-refractivity contribution in [1.82, 2.24) is 15.3 Å². The number of hydrogen-bond acceptors (Lipinski definition) is 6. The van der Waals surface area contributed by atoms with Gasteiger partial charge in [0.05, 0.1) is 18.8 Å². The first-order valence-corrected chi connectivity index (χ1v) is 6.28. The van der Waals surface area contributed by atoms with Gasteiger partial charge < -0.3 is 20.1 Å². The summed E-state index contributed by atoms with van der Waals surface area (Å²) >= 11 is 0. The Morgan fingerprint density at radius 2 is 2.33 bits per heavy atom. The molecule has 1 unspecified atom stereocenters. The number of anilines is 1. The maximum absolute atomic E-state index is 5.48. The molecule has 0 spiro atoms. The van der Waals surface area contributed by atoms with Gasteiger partial charge in [0, 0.05) is 26.3 Å². The van der Waals surface area contributed by atoms with Crippen LogP contribution in [0.15, 0.2) is 12.4 Å². The smallest absolute Gasteiger partial charge is 0.218 e. The van der Waals surface area contributed by atoms with Crippen LogP contribution in [0.25, 0.3) is 0 Å². The van der Waals surface area contributed by atoms with Gasteiger partial charge in [0.25, 0.3) is 0 Å². The lowest BCUT2D eigenvalue weighted by molar-refractivity contribution is 0.111. The number of methoxy groups -OCH3 is 1. The van der Waals surface area contributed by atoms with Crippen LogP contribution in [0.1, 0.15) is 13.3 Å². The average molecular weight is 252 g/mol. The fourth-order valence-electron chi connectivity index (χ4n) is 1.94. The number of hydrogen-bond donors (Lipinski definition) is 2. The van der Waals surface area contributed by atoms with Gasteiger partial charge in [0.1, 0.15) is 12.1 Å². The minimum atomic E-state index is 0.167. The zero-order valence-corrected chi connectivity index (χ0v) is 10.8. The maximum atomic E-state index is 5.48. The molecule has 6 heteroatoms. The molecule has 0 bridgehead atoms. The fourth-order valence-corrected chi connectivity index (χ4v) is 1.94. The largest absolute Gasteiger partial charge is 0.478 e. The van der Waals surface area contributed by atoms with Crippen molar-refractivity contribution in [3.8, 4) is 5.88 Å². The number of nitrogens with one attached hydrogen (secondary N) is 2. The molecule has 1 aromatic heterocycles. The zero-order valence-electron chi connectivity index (χ0n) is 10.8. The predicted molar refractivity (Wildman–Crippen MR) is 68.9 cm³/mol. The Balaban J connectivity index is 1.96. The highest BCUT2D eigenvalue weighted by Gasteiger charge is 2.26. The lowest BCUT2D eigenvalue weighted by Gasteiger charge is -2.19. The van der Waals surface area contributed by atoms with Crippen LogP contribution in [0.3, 0.4) is 0 Å². The van der Waals surface area contributed by atoms with Gasteiger partial charge in [-0.05, 0) is 6.42 Å². The van der Waals surface area contributed by atoms with Crippen molar-refractivity contribution in [2.24, 2.45) is 0 Å². The SMILES string of the molecule is CCCOc1cc(NC2CNC[C@@H]2OC)ncn1. The minimum Gasteiger partial charge on any atom is -0.478 e. The number of aromatic nitrogens is 2. The summed E-state index contributed by atoms with van der Waals surface area (Å²) in [5.41, 5.74) is 0. The van der Waals surface area contributed by atoms with Crippen molar-refractivity contribution in [3.05, 3.63) is 12.4 Å². The van der Waals surface area contributed by atoms with Crippen molar-refractivity contribution in [1.29, 1.82) is 0 Å². The van der Waals surface area contributed by atoms with Gasteiger partial charge in [-0.25, -0.2) is 9.97 Å². The van der Waals surface area contributed by atoms with E-state index in [0.29, 0.717) is 12.5 Å². The molecule has 2 atom stereocenters. The summed E-state index contributed by atoms with van der Waals surface area (Å²) in [6, 6.07) is 2.05. The highest BCUT2D eigenvalue weighted by atomic mass is 16.5. The lowest BCUT2D eigenvalue weighted by atomic mass is 10.2. The van der Waals surface area contributed by atoms with Gasteiger partial charge in [0.2, 0.25) is 5.88 Å². The number of nitrogens with zero attached hydrogens (tertiary/aromatic N) is 2. The quantitative estimate of drug-likeness (QED) is 0.775. The van der Waals surface area contributed by atoms with Crippen LogP contribution in [0.2, 0.25) is 0 Å². The normalized spacial score (nSPS) is 23.0. The molecule has 100 valence electrons. The zero-order chi connectivity index (χ0) is 12.8. The first-order valence-electron chi connectivity index (χ1n) is 6.28. The molecule has 1 saturated heterocycles. The molecule has 1 aliphatic rings. The molecule has 2 heterocycles. The van der Waals surface area contributed by atoms with E-state index in [-0.39, 0.29) is 12.1 Å². The summed E-state index contributed by atoms with van der Waals surface area (Å²) in [6.45, 7) is 4.46. The Morgan fingerprint density at radius 1 is 1.44 bits per heavy atom. The summed E-state index contributed by atoms with van der Waals surface area (Å²) in [4.78, 5) is 8.26. The highest BCUT2D eigenvalue weighted by Crippen LogP contribution is 2.15. The van der Waals surface area contributed by atoms with Crippen molar-refractivity contribution < 1.29 is 9.47 Å². The molecule has 2 rings (SSSR count). The topological polar surface area (TPSA) is 68.3 Å². The van der Waals surface area contributed by atoms with Gasteiger partial charge in [0.15, 0.2) is 0 Å². The van der Waals surface area contributed by atoms with E-state index in [2.05, 4.69) is 27.5 Å². The third kappa shape index (κ3) is 3.30. The fraction of sp³-hybridized carbons (Fsp3) is 0.667. The van der Waals surface area contributed by atoms with Crippen LogP contribution >= 0.6 is 0 Å². The molecular formula is C12H20N4O2. The third-order valence-corrected chi connectivity index (χ3v) is 2.89. The van der Waals surface area contributed by atoms with E-state index in [1.54, 1.807) is 7.11 Å². The Kier molecular flexibility index (Phi) is 4.72. The second-order valence-electron chi connectivity index (χ2n) is 4.27. The van der Waals surface area contributed by atoms with E-state index < -0.39 is 0 Å². The summed E-state index contributed by atoms with van der Waals surface area (Å²) in [7, 11) is 1.72. The molecule has 2 N–H and O–H groups in total. The molecule has 0 radical (unpaired) electrons. The second-order valence-corrected chi connectivity index (χ2v) is 4.27. The van der Waals surface area contributed by atoms with Crippen molar-refractivity contribution >= 4 is 5.82 Å². The Labute approximate surface area is 107 Å². The molecule has 6 nitrogen and oxygen atoms in total. The Bertz CT molecular complexity index is 375. The molecule has 0 amide bonds. The van der Waals surface area contributed by atoms with Crippen LogP contribution in [0.5, 0.6) is 5.88 Å². The lowest BCUT2D eigenvalue weighted by Crippen LogP contribution is -2.33. The van der Waals surface area contributed by atoms with Crippen molar-refractivity contribution in [2.75, 3.05) is 32.1 Å². The van der Waals surface area contributed by atoms with E-state index in [4.69, 9.17) is 9.47 Å². The highest BCUT2D eigenvalue weighted by molar-refractivity contribution is 5.39. The molecule has 1 aromatic rings. The summed E-state index contributed by atoms with van der Waals surface area (Å²) < 4.78 is 10.9. The van der Waals surface area contributed by atoms with E-state index in [9.17, 15) is 0 Å². The Morgan fingerprint density at radius 3 is 3.11 bits per heavy atom. The van der Waals surface area contributed by atoms with Crippen LogP contribution in [0, 0.1) is 0 Å². The monoisotopic (exact) mass is 252 g/mol. The molecule has 1 aliphatic heterocycles. The van der Waals surface area contributed by atoms with Gasteiger partial charge in [-0.1, -0.05) is 6.92 Å². The molecule has 18 heavy (non-hydrogen) atoms. The van der Waals surface area contributed by atoms with Gasteiger partial charge >= 0.3 is 0 Å². The number of rotatable bonds is 6. The van der Waals surface area contributed by atoms with E-state index >= 15 is 0 Å². The van der Waals surface area contributed by atoms with Crippen LogP contribution in [-0.4, -0.2) is 48.9 Å². The van der Waals surface area contributed by atoms with Gasteiger partial charge in [-0.15, -0.1) is 0 Å². The first-order chi connectivity index (χ1) is 8.83. The molecule has 0 aliphatic carbocycles. The van der Waals surface area contributed by atoms with Crippen molar-refractivity contribution in [2.45, 2.75) is 25.5 Å². The van der Waals surface area contributed by atoms with Crippen LogP contribution < -0.4 is 15.4 Å². The van der Waals surface area contributed by atoms with E-state index in [1.807, 2.05) is 6.07 Å². The molecule has 0 saturated carbocycles. The van der Waals surface area contributed by atoms with Crippen LogP contribution in [-0.2, 0) is 4.74 Å². The Hall–Kier alpha value is -1.40. The summed E-state index contributed by atoms with van der Waals surface area (Å²) in [5.74, 6) is 1.38. The molecule has 1 fully saturated rings. The summed E-state index contributed by atoms with van der Waals surface area (Å²) in [5, 5.41) is 6.62. The molecular weight excluding hydrogens is 232 g/mol.